The molecule has 4 aliphatic rings. The number of aromatic carboxylic acids is 1. The second-order valence-electron chi connectivity index (χ2n) is 15.3. The highest BCUT2D eigenvalue weighted by Crippen LogP contribution is 2.28. The third-order valence-corrected chi connectivity index (χ3v) is 10.0. The quantitative estimate of drug-likeness (QED) is 0.234. The normalized spacial score (nSPS) is 19.2. The van der Waals surface area contributed by atoms with Crippen LogP contribution in [0.15, 0.2) is 60.9 Å². The van der Waals surface area contributed by atoms with Crippen molar-refractivity contribution in [2.24, 2.45) is 0 Å². The summed E-state index contributed by atoms with van der Waals surface area (Å²) in [6.45, 7) is 11.1. The van der Waals surface area contributed by atoms with Crippen LogP contribution in [0.25, 0.3) is 0 Å². The molecule has 0 aliphatic carbocycles. The molecule has 4 aliphatic heterocycles. The molecule has 16 heteroatoms. The second kappa shape index (κ2) is 15.3. The van der Waals surface area contributed by atoms with Crippen LogP contribution in [0.1, 0.15) is 89.7 Å². The van der Waals surface area contributed by atoms with E-state index in [-0.39, 0.29) is 23.5 Å². The summed E-state index contributed by atoms with van der Waals surface area (Å²) in [6, 6.07) is 17.2. The van der Waals surface area contributed by atoms with E-state index < -0.39 is 17.5 Å². The summed E-state index contributed by atoms with van der Waals surface area (Å²) in [6.07, 6.45) is 7.47. The van der Waals surface area contributed by atoms with Crippen molar-refractivity contribution in [2.75, 3.05) is 26.2 Å². The number of carbonyl (C=O) groups is 4. The lowest BCUT2D eigenvalue weighted by Crippen LogP contribution is -2.31. The molecule has 2 aromatic carbocycles. The lowest BCUT2D eigenvalue weighted by molar-refractivity contribution is 0.00623. The molecule has 0 radical (unpaired) electrons. The first kappa shape index (κ1) is 36.6. The van der Waals surface area contributed by atoms with E-state index in [2.05, 4.69) is 20.6 Å². The van der Waals surface area contributed by atoms with Crippen molar-refractivity contribution in [3.05, 3.63) is 94.6 Å². The number of carbonyl (C=O) groups excluding carboxylic acids is 3. The number of benzene rings is 2. The van der Waals surface area contributed by atoms with Crippen molar-refractivity contribution < 1.29 is 29.0 Å². The Morgan fingerprint density at radius 3 is 1.48 bits per heavy atom. The largest absolute Gasteiger partial charge is 0.476 e. The number of amides is 4. The summed E-state index contributed by atoms with van der Waals surface area (Å²) in [7, 11) is 0. The fraction of sp³-hybridized carbons (Fsp3) is 0.474. The van der Waals surface area contributed by atoms with E-state index >= 15 is 0 Å². The Morgan fingerprint density at radius 2 is 1.09 bits per heavy atom. The Labute approximate surface area is 313 Å². The zero-order valence-electron chi connectivity index (χ0n) is 30.9. The molecule has 4 fully saturated rings. The minimum Gasteiger partial charge on any atom is -0.476 e. The van der Waals surface area contributed by atoms with Gasteiger partial charge in [0.1, 0.15) is 5.60 Å². The van der Waals surface area contributed by atoms with Gasteiger partial charge in [0.15, 0.2) is 11.4 Å². The molecule has 4 saturated heterocycles. The number of aromatic nitrogens is 6. The first-order valence-electron chi connectivity index (χ1n) is 18.4. The molecule has 2 aromatic heterocycles. The van der Waals surface area contributed by atoms with Gasteiger partial charge in [0.25, 0.3) is 0 Å². The first-order chi connectivity index (χ1) is 25.9. The van der Waals surface area contributed by atoms with Crippen molar-refractivity contribution in [1.29, 1.82) is 0 Å². The molecule has 0 bridgehead atoms. The summed E-state index contributed by atoms with van der Waals surface area (Å²) in [5.41, 5.74) is 3.80. The number of fused-ring (bicyclic) bond motifs is 2. The lowest BCUT2D eigenvalue weighted by Gasteiger charge is -2.18. The molecular weight excluding hydrogens is 692 g/mol. The van der Waals surface area contributed by atoms with Crippen LogP contribution in [-0.4, -0.2) is 123 Å². The summed E-state index contributed by atoms with van der Waals surface area (Å²) in [5.74, 6) is -1.56. The molecule has 2 atom stereocenters. The zero-order chi connectivity index (χ0) is 38.0. The zero-order valence-corrected chi connectivity index (χ0v) is 30.9. The molecule has 8 rings (SSSR count). The molecule has 284 valence electrons. The van der Waals surface area contributed by atoms with Crippen molar-refractivity contribution in [2.45, 2.75) is 90.3 Å². The lowest BCUT2D eigenvalue weighted by atomic mass is 10.1. The maximum atomic E-state index is 12.4. The standard InChI is InChI=1S/C21H27N5O3.C17H19N5O3/c1-21(2,3)29-19(27)18-14-25(23-22-18)12-16-8-6-15(7-9-16)11-24-13-17-5-4-10-26(17)20(24)28;23-16(24)15-11-21(19-18-15)9-13-5-3-12(4-6-13)8-20-10-14-2-1-7-22(14)17(20)25/h6-9,14,17H,4-5,10-13H2,1-3H3;3-6,11,14H,1-2,7-10H2,(H,23,24). The summed E-state index contributed by atoms with van der Waals surface area (Å²) in [5, 5.41) is 24.2. The number of urea groups is 2. The van der Waals surface area contributed by atoms with Crippen LogP contribution < -0.4 is 0 Å². The van der Waals surface area contributed by atoms with Gasteiger partial charge < -0.3 is 29.4 Å². The van der Waals surface area contributed by atoms with Gasteiger partial charge in [0.05, 0.1) is 37.6 Å². The summed E-state index contributed by atoms with van der Waals surface area (Å²) >= 11 is 0. The van der Waals surface area contributed by atoms with Gasteiger partial charge in [-0.3, -0.25) is 0 Å². The molecule has 4 aromatic rings. The van der Waals surface area contributed by atoms with Crippen LogP contribution in [0, 0.1) is 0 Å². The molecule has 6 heterocycles. The SMILES string of the molecule is CC(C)(C)OC(=O)c1cn(Cc2ccc(CN3CC4CCCN4C3=O)cc2)nn1.O=C(O)c1cn(Cc2ccc(CN3CC4CCCN4C3=O)cc2)nn1. The fourth-order valence-electron chi connectivity index (χ4n) is 7.44. The molecule has 0 saturated carbocycles. The molecular formula is C38H46N10O6. The number of nitrogens with zero attached hydrogens (tertiary/aromatic N) is 10. The molecule has 16 nitrogen and oxygen atoms in total. The minimum atomic E-state index is -1.09. The highest BCUT2D eigenvalue weighted by atomic mass is 16.6. The van der Waals surface area contributed by atoms with E-state index in [0.717, 1.165) is 74.1 Å². The smallest absolute Gasteiger partial charge is 0.361 e. The van der Waals surface area contributed by atoms with E-state index in [1.807, 2.05) is 88.9 Å². The number of rotatable bonds is 10. The van der Waals surface area contributed by atoms with Gasteiger partial charge in [-0.05, 0) is 68.7 Å². The van der Waals surface area contributed by atoms with E-state index in [4.69, 9.17) is 9.84 Å². The monoisotopic (exact) mass is 738 g/mol. The number of hydrogen-bond acceptors (Lipinski definition) is 9. The van der Waals surface area contributed by atoms with E-state index in [1.54, 1.807) is 10.9 Å². The number of ether oxygens (including phenoxy) is 1. The van der Waals surface area contributed by atoms with Gasteiger partial charge >= 0.3 is 24.0 Å². The molecule has 54 heavy (non-hydrogen) atoms. The Hall–Kier alpha value is -5.80. The number of carboxylic acid groups (broad SMARTS) is 1. The number of hydrogen-bond donors (Lipinski definition) is 1. The molecule has 2 unspecified atom stereocenters. The van der Waals surface area contributed by atoms with Crippen LogP contribution in [-0.2, 0) is 30.9 Å². The predicted octanol–water partition coefficient (Wildman–Crippen LogP) is 4.11. The predicted molar refractivity (Wildman–Crippen MR) is 194 cm³/mol. The Balaban J connectivity index is 0.000000168. The van der Waals surface area contributed by atoms with Gasteiger partial charge in [0, 0.05) is 39.3 Å². The minimum absolute atomic E-state index is 0.0651. The van der Waals surface area contributed by atoms with Crippen LogP contribution in [0.3, 0.4) is 0 Å². The topological polar surface area (TPSA) is 172 Å². The van der Waals surface area contributed by atoms with Crippen LogP contribution in [0.4, 0.5) is 9.59 Å². The molecule has 0 spiro atoms. The van der Waals surface area contributed by atoms with Crippen LogP contribution >= 0.6 is 0 Å². The third-order valence-electron chi connectivity index (χ3n) is 10.0. The first-order valence-corrected chi connectivity index (χ1v) is 18.4. The van der Waals surface area contributed by atoms with Gasteiger partial charge in [-0.1, -0.05) is 59.0 Å². The Bertz CT molecular complexity index is 1990. The summed E-state index contributed by atoms with van der Waals surface area (Å²) < 4.78 is 8.43. The molecule has 1 N–H and O–H groups in total. The molecule has 4 amide bonds. The van der Waals surface area contributed by atoms with E-state index in [0.29, 0.717) is 38.3 Å². The van der Waals surface area contributed by atoms with E-state index in [1.165, 1.54) is 10.9 Å². The van der Waals surface area contributed by atoms with E-state index in [9.17, 15) is 19.2 Å². The Kier molecular flexibility index (Phi) is 10.3. The van der Waals surface area contributed by atoms with Gasteiger partial charge in [0.2, 0.25) is 0 Å². The Morgan fingerprint density at radius 1 is 0.685 bits per heavy atom. The summed E-state index contributed by atoms with van der Waals surface area (Å²) in [4.78, 5) is 55.5. The number of carboxylic acids is 1. The second-order valence-corrected chi connectivity index (χ2v) is 15.3. The van der Waals surface area contributed by atoms with Gasteiger partial charge in [-0.2, -0.15) is 0 Å². The van der Waals surface area contributed by atoms with Crippen LogP contribution in [0.2, 0.25) is 0 Å². The average molecular weight is 739 g/mol. The fourth-order valence-corrected chi connectivity index (χ4v) is 7.44. The van der Waals surface area contributed by atoms with Crippen molar-refractivity contribution in [1.82, 2.24) is 49.6 Å². The van der Waals surface area contributed by atoms with Crippen molar-refractivity contribution in [3.8, 4) is 0 Å². The maximum Gasteiger partial charge on any atom is 0.361 e. The number of esters is 1. The third kappa shape index (κ3) is 8.53. The van der Waals surface area contributed by atoms with Crippen molar-refractivity contribution >= 4 is 24.0 Å². The highest BCUT2D eigenvalue weighted by molar-refractivity contribution is 5.87. The van der Waals surface area contributed by atoms with Crippen LogP contribution in [0.5, 0.6) is 0 Å². The van der Waals surface area contributed by atoms with Gasteiger partial charge in [-0.25, -0.2) is 28.5 Å². The maximum absolute atomic E-state index is 12.4. The highest BCUT2D eigenvalue weighted by Gasteiger charge is 2.40. The average Bonchev–Trinajstić information content (AvgIpc) is 3.98. The van der Waals surface area contributed by atoms with Gasteiger partial charge in [-0.15, -0.1) is 10.2 Å². The van der Waals surface area contributed by atoms with Crippen molar-refractivity contribution in [3.63, 3.8) is 0 Å².